The van der Waals surface area contributed by atoms with Gasteiger partial charge in [-0.1, -0.05) is 37.2 Å². The molecule has 0 bridgehead atoms. The van der Waals surface area contributed by atoms with Crippen LogP contribution in [0, 0.1) is 0 Å². The number of carbonyl (C=O) groups is 2. The molecule has 0 aromatic carbocycles. The Morgan fingerprint density at radius 3 is 1.67 bits per heavy atom. The Balaban J connectivity index is 0. The number of aromatic amines is 1. The van der Waals surface area contributed by atoms with Gasteiger partial charge in [0.15, 0.2) is 0 Å². The molecule has 4 aromatic rings. The fourth-order valence-corrected chi connectivity index (χ4v) is 4.34. The minimum absolute atomic E-state index is 0. The number of aryl methyl sites for hydroxylation is 2. The van der Waals surface area contributed by atoms with Crippen molar-refractivity contribution in [1.29, 1.82) is 0 Å². The van der Waals surface area contributed by atoms with Gasteiger partial charge in [0.05, 0.1) is 14.2 Å². The summed E-state index contributed by atoms with van der Waals surface area (Å²) in [5, 5.41) is 0.546. The first-order chi connectivity index (χ1) is 22.3. The number of carbonyl (C=O) groups excluding carboxylic acids is 2. The first-order valence-corrected chi connectivity index (χ1v) is 14.7. The molecular formula is C29H38BrN4NaO14. The monoisotopic (exact) mass is 768 g/mol. The van der Waals surface area contributed by atoms with Gasteiger partial charge in [-0.05, 0) is 24.0 Å². The summed E-state index contributed by atoms with van der Waals surface area (Å²) in [4.78, 5) is 95.0. The van der Waals surface area contributed by atoms with Crippen LogP contribution < -0.4 is 63.3 Å². The number of ether oxygens (including phenoxy) is 4. The summed E-state index contributed by atoms with van der Waals surface area (Å²) < 4.78 is 31.3. The Morgan fingerprint density at radius 2 is 1.24 bits per heavy atom. The van der Waals surface area contributed by atoms with Gasteiger partial charge in [0.1, 0.15) is 36.1 Å². The Bertz CT molecular complexity index is 2110. The molecule has 0 aliphatic rings. The van der Waals surface area contributed by atoms with Gasteiger partial charge in [0.25, 0.3) is 11.1 Å². The predicted octanol–water partition coefficient (Wildman–Crippen LogP) is -2.43. The van der Waals surface area contributed by atoms with Crippen LogP contribution in [-0.4, -0.2) is 64.4 Å². The van der Waals surface area contributed by atoms with E-state index in [2.05, 4.69) is 30.4 Å². The summed E-state index contributed by atoms with van der Waals surface area (Å²) >= 11 is 2.90. The van der Waals surface area contributed by atoms with Gasteiger partial charge in [-0.15, -0.1) is 0 Å². The molecular weight excluding hydrogens is 731 g/mol. The zero-order valence-corrected chi connectivity index (χ0v) is 30.9. The summed E-state index contributed by atoms with van der Waals surface area (Å²) in [5.74, 6) is -0.988. The van der Waals surface area contributed by atoms with Gasteiger partial charge < -0.3 is 29.2 Å². The second kappa shape index (κ2) is 21.3. The van der Waals surface area contributed by atoms with Crippen molar-refractivity contribution >= 4 is 50.1 Å². The van der Waals surface area contributed by atoms with E-state index < -0.39 is 46.3 Å². The van der Waals surface area contributed by atoms with Gasteiger partial charge >= 0.3 is 64.1 Å². The predicted molar refractivity (Wildman–Crippen MR) is 177 cm³/mol. The molecule has 49 heavy (non-hydrogen) atoms. The van der Waals surface area contributed by atoms with Gasteiger partial charge in [-0.25, -0.2) is 32.9 Å². The molecule has 0 atom stereocenters. The number of esters is 2. The maximum absolute atomic E-state index is 12.6. The van der Waals surface area contributed by atoms with E-state index in [1.165, 1.54) is 33.5 Å². The van der Waals surface area contributed by atoms with Crippen LogP contribution in [0.15, 0.2) is 49.7 Å². The van der Waals surface area contributed by atoms with Crippen molar-refractivity contribution in [2.75, 3.05) is 33.8 Å². The smallest absolute Gasteiger partial charge is 1.00 e. The van der Waals surface area contributed by atoms with Gasteiger partial charge in [0, 0.05) is 26.4 Å². The van der Waals surface area contributed by atoms with Gasteiger partial charge in [0.2, 0.25) is 11.4 Å². The third-order valence-electron chi connectivity index (χ3n) is 6.28. The second-order valence-corrected chi connectivity index (χ2v) is 9.72. The molecule has 18 nitrogen and oxygen atoms in total. The molecule has 4 aromatic heterocycles. The van der Waals surface area contributed by atoms with Crippen molar-refractivity contribution in [3.8, 4) is 0 Å². The molecule has 0 spiro atoms. The average Bonchev–Trinajstić information content (AvgIpc) is 3.05. The van der Waals surface area contributed by atoms with Crippen molar-refractivity contribution in [2.24, 2.45) is 0 Å². The number of aromatic nitrogens is 4. The maximum atomic E-state index is 12.6. The van der Waals surface area contributed by atoms with E-state index in [1.54, 1.807) is 13.8 Å². The normalized spacial score (nSPS) is 10.1. The molecule has 0 radical (unpaired) electrons. The van der Waals surface area contributed by atoms with E-state index in [-0.39, 0.29) is 85.4 Å². The molecule has 0 saturated heterocycles. The molecule has 0 aliphatic heterocycles. The summed E-state index contributed by atoms with van der Waals surface area (Å²) in [7, 11) is 5.24. The summed E-state index contributed by atoms with van der Waals surface area (Å²) in [5.41, 5.74) is -3.35. The van der Waals surface area contributed by atoms with Crippen LogP contribution in [0.2, 0.25) is 0 Å². The number of nitrogens with one attached hydrogen (secondary N) is 1. The maximum Gasteiger partial charge on any atom is 1.00 e. The first-order valence-electron chi connectivity index (χ1n) is 13.6. The molecule has 0 unspecified atom stereocenters. The number of halogens is 1. The number of hydrogen-bond donors (Lipinski definition) is 1. The van der Waals surface area contributed by atoms with Crippen molar-refractivity contribution in [2.45, 2.75) is 54.1 Å². The van der Waals surface area contributed by atoms with E-state index in [0.717, 1.165) is 20.8 Å². The first kappa shape index (κ1) is 45.1. The zero-order chi connectivity index (χ0) is 35.4. The van der Waals surface area contributed by atoms with E-state index in [9.17, 15) is 38.4 Å². The molecule has 0 saturated carbocycles. The number of methoxy groups -OCH3 is 4. The number of H-pyrrole nitrogens is 1. The van der Waals surface area contributed by atoms with Crippen LogP contribution in [-0.2, 0) is 61.4 Å². The summed E-state index contributed by atoms with van der Waals surface area (Å²) in [6, 6.07) is 2.44. The minimum Gasteiger partial charge on any atom is -1.00 e. The van der Waals surface area contributed by atoms with Crippen molar-refractivity contribution in [3.05, 3.63) is 85.8 Å². The van der Waals surface area contributed by atoms with E-state index in [0.29, 0.717) is 24.0 Å². The van der Waals surface area contributed by atoms with E-state index in [4.69, 9.17) is 18.3 Å². The Morgan fingerprint density at radius 1 is 0.776 bits per heavy atom. The molecule has 0 amide bonds. The van der Waals surface area contributed by atoms with Crippen LogP contribution in [0.1, 0.15) is 33.8 Å². The molecule has 0 aliphatic carbocycles. The largest absolute Gasteiger partial charge is 1.00 e. The van der Waals surface area contributed by atoms with Gasteiger partial charge in [-0.3, -0.25) is 24.2 Å². The third kappa shape index (κ3) is 11.1. The Hall–Kier alpha value is -3.88. The Labute approximate surface area is 309 Å². The number of nitrogens with zero attached hydrogens (tertiary/aromatic N) is 3. The van der Waals surface area contributed by atoms with Crippen molar-refractivity contribution in [1.82, 2.24) is 18.7 Å². The van der Waals surface area contributed by atoms with Crippen LogP contribution in [0.4, 0.5) is 0 Å². The molecule has 266 valence electrons. The van der Waals surface area contributed by atoms with Crippen molar-refractivity contribution in [3.63, 3.8) is 0 Å². The fraction of sp³-hybridized carbons (Fsp3) is 0.448. The summed E-state index contributed by atoms with van der Waals surface area (Å²) in [6.45, 7) is 2.66. The summed E-state index contributed by atoms with van der Waals surface area (Å²) in [6.07, 6.45) is 0.858. The van der Waals surface area contributed by atoms with Crippen molar-refractivity contribution < 1.29 is 68.4 Å². The number of rotatable bonds is 9. The molecule has 20 heteroatoms. The minimum atomic E-state index is -0.828. The Kier molecular flexibility index (Phi) is 19.6. The number of alkyl halides is 1. The molecule has 4 rings (SSSR count). The SMILES string of the molecule is C.CCc1cc(=O)oc2c1c(=O)[nH]c(=O)n2COC.CCc1cc(=O)oc2c1c(=O)n(CC(=O)OC)c(=O)n2COC.COC(=O)CBr.[H-].[Na+]. The van der Waals surface area contributed by atoms with Gasteiger partial charge in [-0.2, -0.15) is 0 Å². The fourth-order valence-electron chi connectivity index (χ4n) is 4.12. The average molecular weight is 770 g/mol. The second-order valence-electron chi connectivity index (χ2n) is 9.16. The van der Waals surface area contributed by atoms with E-state index >= 15 is 0 Å². The quantitative estimate of drug-likeness (QED) is 0.106. The van der Waals surface area contributed by atoms with Crippen LogP contribution in [0.3, 0.4) is 0 Å². The number of fused-ring (bicyclic) bond motifs is 2. The molecule has 1 N–H and O–H groups in total. The van der Waals surface area contributed by atoms with Crippen LogP contribution in [0.5, 0.6) is 0 Å². The molecule has 4 heterocycles. The third-order valence-corrected chi connectivity index (χ3v) is 6.74. The molecule has 0 fully saturated rings. The van der Waals surface area contributed by atoms with Crippen LogP contribution in [0.25, 0.3) is 22.2 Å². The standard InChI is InChI=1S/C14H16N2O7.C11H12N2O5.C3H5BrO2.CH4.Na.H/c1-4-8-5-9(17)23-13-11(8)12(19)15(6-10(18)22-3)14(20)16(13)7-21-2;1-3-6-4-7(14)18-10-8(6)9(15)12-11(16)13(10)5-17-2;1-6-3(5)2-4;;;/h5H,4,6-7H2,1-3H3;4H,3,5H2,1-2H3,(H,12,15,16);2H2,1H3;1H4;;/q;;;;+1;-1. The van der Waals surface area contributed by atoms with Crippen LogP contribution >= 0.6 is 15.9 Å². The zero-order valence-electron chi connectivity index (χ0n) is 28.3. The number of hydrogen-bond acceptors (Lipinski definition) is 14. The topological polar surface area (TPSA) is 230 Å². The van der Waals surface area contributed by atoms with E-state index in [1.807, 2.05) is 0 Å².